The third kappa shape index (κ3) is 26.6. The molecule has 1 heterocycles. The van der Waals surface area contributed by atoms with Crippen LogP contribution in [0.2, 0.25) is 0 Å². The Morgan fingerprint density at radius 3 is 1.30 bits per heavy atom. The quantitative estimate of drug-likeness (QED) is 0.0618. The summed E-state index contributed by atoms with van der Waals surface area (Å²) in [7, 11) is 2.67. The van der Waals surface area contributed by atoms with Crippen LogP contribution in [0.15, 0.2) is 131 Å². The zero-order valence-electron chi connectivity index (χ0n) is 37.6. The summed E-state index contributed by atoms with van der Waals surface area (Å²) in [6.07, 6.45) is 18.3. The fourth-order valence-electron chi connectivity index (χ4n) is 7.62. The molecule has 1 saturated heterocycles. The van der Waals surface area contributed by atoms with E-state index in [1.807, 2.05) is 54.2 Å². The van der Waals surface area contributed by atoms with Gasteiger partial charge in [-0.25, -0.2) is 9.59 Å². The lowest BCUT2D eigenvalue weighted by Crippen LogP contribution is -2.34. The van der Waals surface area contributed by atoms with Crippen molar-refractivity contribution < 1.29 is 49.3 Å². The number of thioether (sulfide) groups is 1. The first-order valence-corrected chi connectivity index (χ1v) is 24.1. The largest absolute Gasteiger partial charge is 0.478 e. The van der Waals surface area contributed by atoms with Crippen molar-refractivity contribution in [1.82, 2.24) is 0 Å². The van der Waals surface area contributed by atoms with Gasteiger partial charge < -0.3 is 39.7 Å². The molecule has 0 amide bonds. The third-order valence-electron chi connectivity index (χ3n) is 11.3. The van der Waals surface area contributed by atoms with E-state index < -0.39 is 12.1 Å². The molecule has 376 valence electrons. The van der Waals surface area contributed by atoms with Crippen LogP contribution in [0.4, 0.5) is 0 Å². The molecule has 1 aliphatic heterocycles. The number of esters is 1. The van der Waals surface area contributed by atoms with E-state index >= 15 is 0 Å². The van der Waals surface area contributed by atoms with Crippen LogP contribution in [0, 0.1) is 0 Å². The van der Waals surface area contributed by atoms with E-state index in [0.29, 0.717) is 28.6 Å². The predicted molar refractivity (Wildman–Crippen MR) is 279 cm³/mol. The highest BCUT2D eigenvalue weighted by Gasteiger charge is 2.39. The van der Waals surface area contributed by atoms with Crippen molar-refractivity contribution in [3.05, 3.63) is 132 Å². The number of aromatic carboxylic acids is 1. The molecule has 8 atom stereocenters. The molecule has 4 saturated carbocycles. The molecule has 5 aliphatic rings. The van der Waals surface area contributed by atoms with Gasteiger partial charge in [-0.15, -0.1) is 24.4 Å². The van der Waals surface area contributed by atoms with E-state index in [4.69, 9.17) is 24.4 Å². The maximum atomic E-state index is 11.7. The van der Waals surface area contributed by atoms with Crippen LogP contribution in [0.3, 0.4) is 0 Å². The fraction of sp³-hybridized carbons (Fsp3) is 0.527. The zero-order valence-corrected chi connectivity index (χ0v) is 39.3. The molecule has 10 nitrogen and oxygen atoms in total. The molecular formula is C55H84O10S2. The normalized spacial score (nSPS) is 23.9. The number of aliphatic hydroxyl groups excluding tert-OH is 4. The lowest BCUT2D eigenvalue weighted by molar-refractivity contribution is -0.0360. The Kier molecular flexibility index (Phi) is 36.0. The van der Waals surface area contributed by atoms with E-state index in [2.05, 4.69) is 36.9 Å². The van der Waals surface area contributed by atoms with Gasteiger partial charge in [-0.2, -0.15) is 0 Å². The highest BCUT2D eigenvalue weighted by molar-refractivity contribution is 8.00. The summed E-state index contributed by atoms with van der Waals surface area (Å²) < 4.78 is 15.6. The van der Waals surface area contributed by atoms with Gasteiger partial charge in [0.2, 0.25) is 0 Å². The average Bonchev–Trinajstić information content (AvgIpc) is 4.14. The second-order valence-electron chi connectivity index (χ2n) is 16.1. The molecule has 0 spiro atoms. The van der Waals surface area contributed by atoms with Crippen LogP contribution in [-0.4, -0.2) is 99.7 Å². The number of carboxylic acid groups (broad SMARTS) is 1. The predicted octanol–water partition coefficient (Wildman–Crippen LogP) is 12.4. The number of thiol groups is 1. The van der Waals surface area contributed by atoms with Crippen molar-refractivity contribution in [2.24, 2.45) is 0 Å². The molecule has 0 aromatic heterocycles. The number of carbonyl (C=O) groups is 2. The fourth-order valence-corrected chi connectivity index (χ4v) is 9.04. The number of hydrogen-bond donors (Lipinski definition) is 6. The van der Waals surface area contributed by atoms with Crippen LogP contribution < -0.4 is 0 Å². The molecule has 67 heavy (non-hydrogen) atoms. The summed E-state index contributed by atoms with van der Waals surface area (Å²) in [6, 6.07) is 37.3. The molecule has 4 aliphatic carbocycles. The number of methoxy groups -OCH3 is 1. The van der Waals surface area contributed by atoms with Crippen molar-refractivity contribution in [2.75, 3.05) is 14.2 Å². The molecule has 4 aromatic rings. The van der Waals surface area contributed by atoms with Crippen LogP contribution >= 0.6 is 24.4 Å². The molecular weight excluding hydrogens is 885 g/mol. The Labute approximate surface area is 413 Å². The Balaban J connectivity index is 0.000000787. The molecule has 5 N–H and O–H groups in total. The third-order valence-corrected chi connectivity index (χ3v) is 13.0. The van der Waals surface area contributed by atoms with Gasteiger partial charge in [0.25, 0.3) is 0 Å². The standard InChI is InChI=1S/C13H16O3.C12H16OS.C7H14O2.C7H6O2.C6H10O.C6H6S.CH4O.3CH4/c14-11-8-4-5-9-12(11)16-13(15)10-6-2-1-3-7-10;13-11-8-4-5-9-12(11)14-10-6-2-1-3-7-10;1-9-7-5-3-2-4-6(7)8;8-7(9)6-4-2-1-3-5-6;1-2-4-6-5(3-1)7-6;7-6-4-2-1-3-5-6;1-2;;;/h1-3,6-7,11-12,14H,4-5,8-9H2;1-3,6-7,11-13H,4-5,8-9H2;6-8H,2-5H2,1H3;1-5H,(H,8,9);5-6H,1-4H2;1-5,7H;2H,1H3;3*1H4/t2*11-,12-;6-,7-;;;;;;;/m000......./s1. The van der Waals surface area contributed by atoms with Gasteiger partial charge in [0.1, 0.15) is 6.10 Å². The maximum absolute atomic E-state index is 11.7. The number of ether oxygens (including phenoxy) is 3. The number of rotatable bonds is 6. The number of fused-ring (bicyclic) bond motifs is 1. The van der Waals surface area contributed by atoms with Crippen LogP contribution in [0.25, 0.3) is 0 Å². The van der Waals surface area contributed by atoms with Crippen LogP contribution in [0.1, 0.15) is 146 Å². The first-order chi connectivity index (χ1) is 31.1. The van der Waals surface area contributed by atoms with Crippen molar-refractivity contribution in [2.45, 2.75) is 183 Å². The second-order valence-corrected chi connectivity index (χ2v) is 17.9. The summed E-state index contributed by atoms with van der Waals surface area (Å²) >= 11 is 5.91. The lowest BCUT2D eigenvalue weighted by Gasteiger charge is -2.27. The van der Waals surface area contributed by atoms with Crippen molar-refractivity contribution in [1.29, 1.82) is 0 Å². The Bertz CT molecular complexity index is 1760. The molecule has 5 fully saturated rings. The highest BCUT2D eigenvalue weighted by Crippen LogP contribution is 2.36. The van der Waals surface area contributed by atoms with E-state index in [-0.39, 0.29) is 52.7 Å². The van der Waals surface area contributed by atoms with Gasteiger partial charge in [-0.05, 0) is 106 Å². The summed E-state index contributed by atoms with van der Waals surface area (Å²) in [4.78, 5) is 24.2. The first kappa shape index (κ1) is 63.3. The van der Waals surface area contributed by atoms with Gasteiger partial charge in [-0.1, -0.05) is 140 Å². The van der Waals surface area contributed by atoms with Crippen molar-refractivity contribution >= 4 is 36.3 Å². The molecule has 0 bridgehead atoms. The van der Waals surface area contributed by atoms with Crippen LogP contribution in [0.5, 0.6) is 0 Å². The Hall–Kier alpha value is -3.72. The monoisotopic (exact) mass is 969 g/mol. The molecule has 4 aromatic carbocycles. The smallest absolute Gasteiger partial charge is 0.338 e. The van der Waals surface area contributed by atoms with Gasteiger partial charge in [-0.3, -0.25) is 0 Å². The van der Waals surface area contributed by atoms with Crippen molar-refractivity contribution in [3.8, 4) is 0 Å². The number of epoxide rings is 1. The molecule has 2 unspecified atom stereocenters. The lowest BCUT2D eigenvalue weighted by atomic mass is 9.95. The second kappa shape index (κ2) is 38.2. The highest BCUT2D eigenvalue weighted by atomic mass is 32.2. The number of carbonyl (C=O) groups excluding carboxylic acids is 1. The van der Waals surface area contributed by atoms with Crippen LogP contribution in [-0.2, 0) is 14.2 Å². The topological polar surface area (TPSA) is 166 Å². The Morgan fingerprint density at radius 2 is 0.925 bits per heavy atom. The van der Waals surface area contributed by atoms with Gasteiger partial charge in [0, 0.05) is 29.3 Å². The number of carboxylic acids is 1. The van der Waals surface area contributed by atoms with Gasteiger partial charge in [0.15, 0.2) is 0 Å². The van der Waals surface area contributed by atoms with E-state index in [1.54, 1.807) is 61.7 Å². The number of hydrogen-bond acceptors (Lipinski definition) is 11. The first-order valence-electron chi connectivity index (χ1n) is 22.8. The average molecular weight is 969 g/mol. The summed E-state index contributed by atoms with van der Waals surface area (Å²) in [5, 5.41) is 44.5. The SMILES string of the molecule is C.C.C.C1CCC2OC2C1.CO.CO[C@H]1CCCC[C@@H]1O.O=C(O)c1ccccc1.O=C(O[C@H]1CCCC[C@@H]1O)c1ccccc1.O[C@H]1CCCC[C@@H]1Sc1ccccc1.Sc1ccccc1. The molecule has 12 heteroatoms. The molecule has 9 rings (SSSR count). The van der Waals surface area contributed by atoms with Gasteiger partial charge in [0.05, 0.1) is 47.8 Å². The minimum absolute atomic E-state index is 0. The summed E-state index contributed by atoms with van der Waals surface area (Å²) in [5.74, 6) is -1.22. The van der Waals surface area contributed by atoms with E-state index in [9.17, 15) is 24.9 Å². The van der Waals surface area contributed by atoms with Crippen molar-refractivity contribution in [3.63, 3.8) is 0 Å². The number of benzene rings is 4. The van der Waals surface area contributed by atoms with E-state index in [0.717, 1.165) is 69.8 Å². The maximum Gasteiger partial charge on any atom is 0.338 e. The Morgan fingerprint density at radius 1 is 0.537 bits per heavy atom. The minimum atomic E-state index is -0.879. The minimum Gasteiger partial charge on any atom is -0.478 e. The van der Waals surface area contributed by atoms with Gasteiger partial charge >= 0.3 is 11.9 Å². The zero-order chi connectivity index (χ0) is 46.4. The number of aliphatic hydroxyl groups is 4. The molecule has 0 radical (unpaired) electrons. The van der Waals surface area contributed by atoms with E-state index in [1.165, 1.54) is 49.8 Å². The summed E-state index contributed by atoms with van der Waals surface area (Å²) in [6.45, 7) is 0. The summed E-state index contributed by atoms with van der Waals surface area (Å²) in [5.41, 5.74) is 0.873.